The molecule has 0 heterocycles. The highest BCUT2D eigenvalue weighted by Crippen LogP contribution is 2.53. The van der Waals surface area contributed by atoms with Gasteiger partial charge in [-0.25, -0.2) is 0 Å². The van der Waals surface area contributed by atoms with E-state index in [0.29, 0.717) is 11.1 Å². The molecule has 6 atom stereocenters. The van der Waals surface area contributed by atoms with Crippen molar-refractivity contribution in [1.29, 1.82) is 0 Å². The Bertz CT molecular complexity index is 1310. The van der Waals surface area contributed by atoms with E-state index in [4.69, 9.17) is 5.73 Å². The number of amides is 1. The fourth-order valence-corrected chi connectivity index (χ4v) is 6.44. The van der Waals surface area contributed by atoms with Gasteiger partial charge in [-0.05, 0) is 38.9 Å². The molecular weight excluding hydrogens is 468 g/mol. The summed E-state index contributed by atoms with van der Waals surface area (Å²) < 4.78 is 0. The Labute approximate surface area is 206 Å². The number of benzene rings is 1. The van der Waals surface area contributed by atoms with E-state index in [0.717, 1.165) is 12.8 Å². The number of rotatable bonds is 3. The maximum atomic E-state index is 13.8. The molecule has 36 heavy (non-hydrogen) atoms. The van der Waals surface area contributed by atoms with Gasteiger partial charge in [-0.3, -0.25) is 19.3 Å². The van der Waals surface area contributed by atoms with E-state index in [-0.39, 0.29) is 29.2 Å². The van der Waals surface area contributed by atoms with Gasteiger partial charge < -0.3 is 31.3 Å². The van der Waals surface area contributed by atoms with Gasteiger partial charge in [0.2, 0.25) is 5.78 Å². The first-order chi connectivity index (χ1) is 16.9. The van der Waals surface area contributed by atoms with Gasteiger partial charge in [-0.15, -0.1) is 0 Å². The van der Waals surface area contributed by atoms with Crippen molar-refractivity contribution < 1.29 is 39.9 Å². The molecule has 0 aromatic heterocycles. The molecule has 190 valence electrons. The molecule has 4 aliphatic carbocycles. The lowest BCUT2D eigenvalue weighted by molar-refractivity contribution is -0.168. The molecule has 0 radical (unpaired) electrons. The third-order valence-electron chi connectivity index (χ3n) is 8.12. The van der Waals surface area contributed by atoms with E-state index in [1.807, 2.05) is 12.2 Å². The number of fused-ring (bicyclic) bond motifs is 3. The number of allylic oxidation sites excluding steroid dienone is 2. The minimum Gasteiger partial charge on any atom is -0.508 e. The molecule has 7 N–H and O–H groups in total. The zero-order valence-electron chi connectivity index (χ0n) is 19.8. The lowest BCUT2D eigenvalue weighted by atomic mass is 9.56. The third kappa shape index (κ3) is 2.98. The van der Waals surface area contributed by atoms with E-state index >= 15 is 0 Å². The van der Waals surface area contributed by atoms with Crippen LogP contribution in [0, 0.1) is 11.8 Å². The first-order valence-corrected chi connectivity index (χ1v) is 11.8. The molecule has 1 unspecified atom stereocenters. The highest BCUT2D eigenvalue weighted by molar-refractivity contribution is 6.24. The zero-order valence-corrected chi connectivity index (χ0v) is 19.8. The lowest BCUT2D eigenvalue weighted by Gasteiger charge is -2.52. The van der Waals surface area contributed by atoms with Gasteiger partial charge in [0.25, 0.3) is 5.91 Å². The molecule has 1 saturated carbocycles. The van der Waals surface area contributed by atoms with E-state index in [1.165, 1.54) is 19.0 Å². The molecule has 0 saturated heterocycles. The van der Waals surface area contributed by atoms with Crippen molar-refractivity contribution in [3.63, 3.8) is 0 Å². The van der Waals surface area contributed by atoms with Crippen molar-refractivity contribution in [1.82, 2.24) is 4.90 Å². The number of aliphatic hydroxyl groups is 4. The monoisotopic (exact) mass is 496 g/mol. The summed E-state index contributed by atoms with van der Waals surface area (Å²) in [6.45, 7) is 0. The van der Waals surface area contributed by atoms with Crippen LogP contribution >= 0.6 is 0 Å². The zero-order chi connectivity index (χ0) is 26.3. The summed E-state index contributed by atoms with van der Waals surface area (Å²) in [5.41, 5.74) is 2.18. The molecule has 1 fully saturated rings. The molecule has 5 rings (SSSR count). The Balaban J connectivity index is 1.74. The van der Waals surface area contributed by atoms with Crippen molar-refractivity contribution in [2.24, 2.45) is 17.6 Å². The van der Waals surface area contributed by atoms with Crippen molar-refractivity contribution in [3.8, 4) is 5.75 Å². The van der Waals surface area contributed by atoms with Crippen molar-refractivity contribution in [2.75, 3.05) is 14.1 Å². The highest BCUT2D eigenvalue weighted by atomic mass is 16.4. The van der Waals surface area contributed by atoms with Crippen molar-refractivity contribution >= 4 is 23.2 Å². The maximum Gasteiger partial charge on any atom is 0.255 e. The summed E-state index contributed by atoms with van der Waals surface area (Å²) in [5.74, 6) is -8.14. The summed E-state index contributed by atoms with van der Waals surface area (Å²) in [5, 5.41) is 56.3. The van der Waals surface area contributed by atoms with Crippen LogP contribution in [0.25, 0.3) is 5.76 Å². The number of aromatic hydroxyl groups is 1. The Hall–Kier alpha value is -3.47. The smallest absolute Gasteiger partial charge is 0.255 e. The SMILES string of the molecule is CN(C)[C@H]1C(=O)C(C(N)=O)=C(O)[C@]2(O)C(=O)C3=C(O)c4c(ccc(C5C=CCC5)c4O)C[C@@H]3[C@@H](O)[C@H]12. The average Bonchev–Trinajstić information content (AvgIpc) is 3.33. The molecule has 0 spiro atoms. The molecule has 4 aliphatic rings. The van der Waals surface area contributed by atoms with Crippen LogP contribution in [-0.4, -0.2) is 79.7 Å². The second kappa shape index (κ2) is 8.02. The Morgan fingerprint density at radius 1 is 1.17 bits per heavy atom. The molecule has 1 amide bonds. The van der Waals surface area contributed by atoms with Crippen LogP contribution < -0.4 is 5.73 Å². The second-order valence-corrected chi connectivity index (χ2v) is 10.2. The lowest BCUT2D eigenvalue weighted by Crippen LogP contribution is -2.70. The first-order valence-electron chi connectivity index (χ1n) is 11.8. The number of nitrogens with two attached hydrogens (primary N) is 1. The summed E-state index contributed by atoms with van der Waals surface area (Å²) in [6.07, 6.45) is 4.02. The average molecular weight is 497 g/mol. The van der Waals surface area contributed by atoms with Crippen LogP contribution in [-0.2, 0) is 20.8 Å². The molecule has 10 nitrogen and oxygen atoms in total. The number of hydrogen-bond donors (Lipinski definition) is 6. The fourth-order valence-electron chi connectivity index (χ4n) is 6.44. The van der Waals surface area contributed by atoms with Crippen molar-refractivity contribution in [2.45, 2.75) is 42.9 Å². The number of hydrogen-bond acceptors (Lipinski definition) is 9. The van der Waals surface area contributed by atoms with Gasteiger partial charge in [0.05, 0.1) is 23.6 Å². The minimum atomic E-state index is -2.90. The fraction of sp³-hybridized carbons (Fsp3) is 0.423. The maximum absolute atomic E-state index is 13.8. The number of ketones is 2. The highest BCUT2D eigenvalue weighted by Gasteiger charge is 2.67. The van der Waals surface area contributed by atoms with E-state index < -0.39 is 64.1 Å². The van der Waals surface area contributed by atoms with Crippen LogP contribution in [0.1, 0.15) is 35.4 Å². The normalized spacial score (nSPS) is 33.6. The molecule has 0 bridgehead atoms. The topological polar surface area (TPSA) is 182 Å². The van der Waals surface area contributed by atoms with Gasteiger partial charge >= 0.3 is 0 Å². The Morgan fingerprint density at radius 3 is 2.44 bits per heavy atom. The number of nitrogens with zero attached hydrogens (tertiary/aromatic N) is 1. The van der Waals surface area contributed by atoms with E-state index in [9.17, 15) is 39.9 Å². The first kappa shape index (κ1) is 24.2. The quantitative estimate of drug-likeness (QED) is 0.254. The molecule has 1 aromatic carbocycles. The van der Waals surface area contributed by atoms with Crippen LogP contribution in [0.3, 0.4) is 0 Å². The number of primary amides is 1. The number of Topliss-reactive ketones (excluding diaryl/α,β-unsaturated/α-hetero) is 2. The Morgan fingerprint density at radius 2 is 1.86 bits per heavy atom. The van der Waals surface area contributed by atoms with Crippen LogP contribution in [0.2, 0.25) is 0 Å². The van der Waals surface area contributed by atoms with Crippen LogP contribution in [0.4, 0.5) is 0 Å². The standard InChI is InChI=1S/C26H28N2O8/c1-28(2)18-17-20(30)13-9-11-7-8-12(10-5-3-4-6-10)19(29)14(11)21(31)15(13)23(33)26(17,36)24(34)16(22(18)32)25(27)35/h3,5,7-8,10,13,17-18,20,29-31,34,36H,4,6,9H2,1-2H3,(H2,27,35)/t10?,13-,17-,18+,20+,26+/m0/s1. The predicted octanol–water partition coefficient (Wildman–Crippen LogP) is 0.368. The summed E-state index contributed by atoms with van der Waals surface area (Å²) in [7, 11) is 2.94. The van der Waals surface area contributed by atoms with Crippen LogP contribution in [0.15, 0.2) is 41.2 Å². The number of likely N-dealkylation sites (N-methyl/N-ethyl adjacent to an activating group) is 1. The third-order valence-corrected chi connectivity index (χ3v) is 8.12. The molecule has 1 aromatic rings. The van der Waals surface area contributed by atoms with Gasteiger partial charge in [0, 0.05) is 23.0 Å². The molecular formula is C26H28N2O8. The summed E-state index contributed by atoms with van der Waals surface area (Å²) in [4.78, 5) is 40.3. The second-order valence-electron chi connectivity index (χ2n) is 10.2. The van der Waals surface area contributed by atoms with E-state index in [2.05, 4.69) is 0 Å². The van der Waals surface area contributed by atoms with Crippen LogP contribution in [0.5, 0.6) is 5.75 Å². The number of phenolic OH excluding ortho intramolecular Hbond substituents is 1. The summed E-state index contributed by atoms with van der Waals surface area (Å²) >= 11 is 0. The number of carbonyl (C=O) groups excluding carboxylic acids is 3. The van der Waals surface area contributed by atoms with E-state index in [1.54, 1.807) is 12.1 Å². The van der Waals surface area contributed by atoms with Crippen molar-refractivity contribution in [3.05, 3.63) is 57.9 Å². The molecule has 10 heteroatoms. The van der Waals surface area contributed by atoms with Gasteiger partial charge in [-0.1, -0.05) is 24.3 Å². The van der Waals surface area contributed by atoms with Gasteiger partial charge in [-0.2, -0.15) is 0 Å². The Kier molecular flexibility index (Phi) is 5.40. The predicted molar refractivity (Wildman–Crippen MR) is 127 cm³/mol. The van der Waals surface area contributed by atoms with Gasteiger partial charge in [0.15, 0.2) is 11.4 Å². The molecule has 0 aliphatic heterocycles. The van der Waals surface area contributed by atoms with Gasteiger partial charge in [0.1, 0.15) is 22.8 Å². The number of aliphatic hydroxyl groups excluding tert-OH is 3. The summed E-state index contributed by atoms with van der Waals surface area (Å²) in [6, 6.07) is 2.11. The number of carbonyl (C=O) groups is 3. The number of phenols is 1. The largest absolute Gasteiger partial charge is 0.508 e. The minimum absolute atomic E-state index is 0.0243.